The van der Waals surface area contributed by atoms with Gasteiger partial charge in [0.1, 0.15) is 5.75 Å². The molecule has 1 N–H and O–H groups in total. The molecule has 0 saturated heterocycles. The van der Waals surface area contributed by atoms with E-state index >= 15 is 0 Å². The Hall–Kier alpha value is -1.32. The molecular formula is C15H19NOS. The van der Waals surface area contributed by atoms with E-state index in [2.05, 4.69) is 37.4 Å². The lowest BCUT2D eigenvalue weighted by molar-refractivity contribution is 0.405. The van der Waals surface area contributed by atoms with E-state index in [0.29, 0.717) is 0 Å². The summed E-state index contributed by atoms with van der Waals surface area (Å²) in [6.07, 6.45) is 0. The van der Waals surface area contributed by atoms with Crippen LogP contribution < -0.4 is 10.1 Å². The number of ether oxygens (including phenoxy) is 1. The summed E-state index contributed by atoms with van der Waals surface area (Å²) in [7, 11) is 3.71. The summed E-state index contributed by atoms with van der Waals surface area (Å²) in [5.74, 6) is 0.933. The van der Waals surface area contributed by atoms with Crippen LogP contribution in [0.2, 0.25) is 0 Å². The molecule has 2 nitrogen and oxygen atoms in total. The number of nitrogens with one attached hydrogen (secondary N) is 1. The molecule has 0 fully saturated rings. The Balaban J connectivity index is 2.48. The highest BCUT2D eigenvalue weighted by Crippen LogP contribution is 2.35. The Bertz CT molecular complexity index is 533. The zero-order valence-corrected chi connectivity index (χ0v) is 12.1. The van der Waals surface area contributed by atoms with E-state index in [4.69, 9.17) is 4.74 Å². The first-order chi connectivity index (χ1) is 8.67. The molecule has 0 bridgehead atoms. The molecule has 18 heavy (non-hydrogen) atoms. The second-order valence-electron chi connectivity index (χ2n) is 4.37. The molecule has 1 aromatic carbocycles. The molecule has 1 heterocycles. The molecule has 0 radical (unpaired) electrons. The van der Waals surface area contributed by atoms with E-state index < -0.39 is 0 Å². The van der Waals surface area contributed by atoms with Crippen molar-refractivity contribution >= 4 is 11.3 Å². The Morgan fingerprint density at radius 1 is 1.22 bits per heavy atom. The SMILES string of the molecule is CNC(c1ccccc1OC)c1sc(C)cc1C. The highest BCUT2D eigenvalue weighted by atomic mass is 32.1. The molecule has 2 aromatic rings. The number of thiophene rings is 1. The minimum absolute atomic E-state index is 0.194. The fraction of sp³-hybridized carbons (Fsp3) is 0.333. The second kappa shape index (κ2) is 5.55. The van der Waals surface area contributed by atoms with Crippen LogP contribution in [-0.4, -0.2) is 14.2 Å². The number of para-hydroxylation sites is 1. The van der Waals surface area contributed by atoms with Crippen molar-refractivity contribution in [3.63, 3.8) is 0 Å². The van der Waals surface area contributed by atoms with Crippen LogP contribution in [0.4, 0.5) is 0 Å². The van der Waals surface area contributed by atoms with E-state index in [9.17, 15) is 0 Å². The first-order valence-corrected chi connectivity index (χ1v) is 6.86. The molecule has 0 aliphatic rings. The minimum atomic E-state index is 0.194. The van der Waals surface area contributed by atoms with E-state index in [-0.39, 0.29) is 6.04 Å². The fourth-order valence-corrected chi connectivity index (χ4v) is 3.44. The third kappa shape index (κ3) is 2.42. The smallest absolute Gasteiger partial charge is 0.124 e. The van der Waals surface area contributed by atoms with Gasteiger partial charge in [0.2, 0.25) is 0 Å². The quantitative estimate of drug-likeness (QED) is 0.906. The number of aryl methyl sites for hydroxylation is 2. The predicted molar refractivity (Wildman–Crippen MR) is 77.7 cm³/mol. The second-order valence-corrected chi connectivity index (χ2v) is 5.66. The fourth-order valence-electron chi connectivity index (χ4n) is 2.28. The molecule has 0 saturated carbocycles. The maximum Gasteiger partial charge on any atom is 0.124 e. The van der Waals surface area contributed by atoms with E-state index in [1.54, 1.807) is 7.11 Å². The molecule has 3 heteroatoms. The molecule has 0 amide bonds. The molecule has 1 unspecified atom stereocenters. The molecule has 1 aromatic heterocycles. The van der Waals surface area contributed by atoms with Gasteiger partial charge in [0.05, 0.1) is 13.2 Å². The summed E-state index contributed by atoms with van der Waals surface area (Å²) in [4.78, 5) is 2.71. The Labute approximate surface area is 113 Å². The third-order valence-corrected chi connectivity index (χ3v) is 4.30. The van der Waals surface area contributed by atoms with Gasteiger partial charge in [-0.15, -0.1) is 11.3 Å². The minimum Gasteiger partial charge on any atom is -0.496 e. The summed E-state index contributed by atoms with van der Waals surface area (Å²) >= 11 is 1.84. The molecule has 96 valence electrons. The van der Waals surface area contributed by atoms with Crippen molar-refractivity contribution in [3.8, 4) is 5.75 Å². The summed E-state index contributed by atoms with van der Waals surface area (Å²) in [5.41, 5.74) is 2.52. The molecular weight excluding hydrogens is 242 g/mol. The van der Waals surface area contributed by atoms with Gasteiger partial charge in [-0.05, 0) is 38.6 Å². The summed E-state index contributed by atoms with van der Waals surface area (Å²) < 4.78 is 5.46. The van der Waals surface area contributed by atoms with Crippen molar-refractivity contribution in [2.24, 2.45) is 0 Å². The van der Waals surface area contributed by atoms with E-state index in [1.165, 1.54) is 20.9 Å². The first kappa shape index (κ1) is 13.1. The van der Waals surface area contributed by atoms with Gasteiger partial charge in [0, 0.05) is 15.3 Å². The van der Waals surface area contributed by atoms with Crippen LogP contribution in [-0.2, 0) is 0 Å². The standard InChI is InChI=1S/C15H19NOS/c1-10-9-11(2)18-15(10)14(16-3)12-7-5-6-8-13(12)17-4/h5-9,14,16H,1-4H3. The number of methoxy groups -OCH3 is 1. The lowest BCUT2D eigenvalue weighted by atomic mass is 10.0. The van der Waals surface area contributed by atoms with Gasteiger partial charge in [0.15, 0.2) is 0 Å². The average molecular weight is 261 g/mol. The van der Waals surface area contributed by atoms with Crippen LogP contribution in [0.25, 0.3) is 0 Å². The molecule has 0 spiro atoms. The monoisotopic (exact) mass is 261 g/mol. The van der Waals surface area contributed by atoms with Crippen LogP contribution in [0, 0.1) is 13.8 Å². The topological polar surface area (TPSA) is 21.3 Å². The zero-order valence-electron chi connectivity index (χ0n) is 11.3. The van der Waals surface area contributed by atoms with Gasteiger partial charge in [0.25, 0.3) is 0 Å². The zero-order chi connectivity index (χ0) is 13.1. The highest BCUT2D eigenvalue weighted by molar-refractivity contribution is 7.12. The van der Waals surface area contributed by atoms with Gasteiger partial charge in [-0.2, -0.15) is 0 Å². The Morgan fingerprint density at radius 3 is 2.50 bits per heavy atom. The number of hydrogen-bond acceptors (Lipinski definition) is 3. The van der Waals surface area contributed by atoms with E-state index in [0.717, 1.165) is 5.75 Å². The molecule has 1 atom stereocenters. The number of hydrogen-bond donors (Lipinski definition) is 1. The van der Waals surface area contributed by atoms with Crippen LogP contribution >= 0.6 is 11.3 Å². The maximum absolute atomic E-state index is 5.46. The van der Waals surface area contributed by atoms with Gasteiger partial charge >= 0.3 is 0 Å². The largest absolute Gasteiger partial charge is 0.496 e. The molecule has 0 aliphatic heterocycles. The van der Waals surface area contributed by atoms with Crippen molar-refractivity contribution in [2.75, 3.05) is 14.2 Å². The van der Waals surface area contributed by atoms with Crippen LogP contribution in [0.15, 0.2) is 30.3 Å². The summed E-state index contributed by atoms with van der Waals surface area (Å²) in [6.45, 7) is 4.31. The van der Waals surface area contributed by atoms with Gasteiger partial charge < -0.3 is 10.1 Å². The number of benzene rings is 1. The molecule has 0 aliphatic carbocycles. The van der Waals surface area contributed by atoms with Crippen molar-refractivity contribution < 1.29 is 4.74 Å². The average Bonchev–Trinajstić information content (AvgIpc) is 2.70. The van der Waals surface area contributed by atoms with E-state index in [1.807, 2.05) is 30.5 Å². The predicted octanol–water partition coefficient (Wildman–Crippen LogP) is 3.68. The van der Waals surface area contributed by atoms with Gasteiger partial charge in [-0.3, -0.25) is 0 Å². The highest BCUT2D eigenvalue weighted by Gasteiger charge is 2.19. The van der Waals surface area contributed by atoms with Crippen molar-refractivity contribution in [1.29, 1.82) is 0 Å². The van der Waals surface area contributed by atoms with Crippen molar-refractivity contribution in [1.82, 2.24) is 5.32 Å². The van der Waals surface area contributed by atoms with Gasteiger partial charge in [-0.1, -0.05) is 18.2 Å². The molecule has 2 rings (SSSR count). The number of rotatable bonds is 4. The summed E-state index contributed by atoms with van der Waals surface area (Å²) in [5, 5.41) is 3.39. The van der Waals surface area contributed by atoms with Crippen molar-refractivity contribution in [2.45, 2.75) is 19.9 Å². The third-order valence-electron chi connectivity index (χ3n) is 3.08. The maximum atomic E-state index is 5.46. The van der Waals surface area contributed by atoms with Gasteiger partial charge in [-0.25, -0.2) is 0 Å². The first-order valence-electron chi connectivity index (χ1n) is 6.04. The summed E-state index contributed by atoms with van der Waals surface area (Å²) in [6, 6.07) is 10.6. The lowest BCUT2D eigenvalue weighted by Crippen LogP contribution is -2.18. The van der Waals surface area contributed by atoms with Crippen LogP contribution in [0.5, 0.6) is 5.75 Å². The van der Waals surface area contributed by atoms with Crippen molar-refractivity contribution in [3.05, 3.63) is 51.2 Å². The Kier molecular flexibility index (Phi) is 4.04. The normalized spacial score (nSPS) is 12.4. The van der Waals surface area contributed by atoms with Crippen LogP contribution in [0.1, 0.15) is 26.9 Å². The van der Waals surface area contributed by atoms with Crippen LogP contribution in [0.3, 0.4) is 0 Å². The Morgan fingerprint density at radius 2 is 1.94 bits per heavy atom. The lowest BCUT2D eigenvalue weighted by Gasteiger charge is -2.19.